The van der Waals surface area contributed by atoms with Gasteiger partial charge >= 0.3 is 0 Å². The number of hydrogen-bond acceptors (Lipinski definition) is 5. The molecule has 146 valence electrons. The van der Waals surface area contributed by atoms with Crippen molar-refractivity contribution in [3.05, 3.63) is 30.3 Å². The predicted octanol–water partition coefficient (Wildman–Crippen LogP) is 1.84. The summed E-state index contributed by atoms with van der Waals surface area (Å²) in [4.78, 5) is 27.1. The molecule has 1 atom stereocenters. The molecule has 27 heavy (non-hydrogen) atoms. The van der Waals surface area contributed by atoms with Gasteiger partial charge in [-0.25, -0.2) is 13.4 Å². The molecule has 1 saturated heterocycles. The summed E-state index contributed by atoms with van der Waals surface area (Å²) in [7, 11) is -3.10. The summed E-state index contributed by atoms with van der Waals surface area (Å²) < 4.78 is 23.8. The standard InChI is InChI=1S/C19H25N3O4S/c1-14(2)12-21(16-10-11-27(25,26)13-16)19(24)17-8-9-18(23)22(20-17)15-6-4-3-5-7-15/h3-7,14,16H,8-13H2,1-2H3. The molecule has 0 bridgehead atoms. The van der Waals surface area contributed by atoms with Gasteiger partial charge in [-0.15, -0.1) is 0 Å². The number of nitrogens with zero attached hydrogens (tertiary/aromatic N) is 3. The molecule has 0 saturated carbocycles. The third-order valence-corrected chi connectivity index (χ3v) is 6.50. The van der Waals surface area contributed by atoms with E-state index >= 15 is 0 Å². The zero-order valence-corrected chi connectivity index (χ0v) is 16.5. The van der Waals surface area contributed by atoms with Crippen LogP contribution < -0.4 is 5.01 Å². The maximum absolute atomic E-state index is 13.2. The Hall–Kier alpha value is -2.22. The highest BCUT2D eigenvalue weighted by atomic mass is 32.2. The van der Waals surface area contributed by atoms with Gasteiger partial charge in [-0.3, -0.25) is 9.59 Å². The molecule has 0 N–H and O–H groups in total. The van der Waals surface area contributed by atoms with Crippen LogP contribution in [0.15, 0.2) is 35.4 Å². The van der Waals surface area contributed by atoms with Gasteiger partial charge < -0.3 is 4.90 Å². The second-order valence-corrected chi connectivity index (χ2v) is 9.72. The van der Waals surface area contributed by atoms with E-state index in [4.69, 9.17) is 0 Å². The summed E-state index contributed by atoms with van der Waals surface area (Å²) in [6, 6.07) is 8.67. The minimum atomic E-state index is -3.10. The van der Waals surface area contributed by atoms with Gasteiger partial charge in [0.15, 0.2) is 9.84 Å². The number of sulfone groups is 1. The molecule has 1 fully saturated rings. The minimum Gasteiger partial charge on any atom is -0.333 e. The highest BCUT2D eigenvalue weighted by Crippen LogP contribution is 2.23. The Bertz CT molecular complexity index is 849. The molecule has 2 heterocycles. The second-order valence-electron chi connectivity index (χ2n) is 7.50. The first-order valence-electron chi connectivity index (χ1n) is 9.24. The van der Waals surface area contributed by atoms with Crippen LogP contribution in [0.5, 0.6) is 0 Å². The van der Waals surface area contributed by atoms with Gasteiger partial charge in [0.2, 0.25) is 5.91 Å². The number of rotatable bonds is 5. The Kier molecular flexibility index (Phi) is 5.64. The summed E-state index contributed by atoms with van der Waals surface area (Å²) in [6.45, 7) is 4.45. The lowest BCUT2D eigenvalue weighted by Crippen LogP contribution is -2.48. The summed E-state index contributed by atoms with van der Waals surface area (Å²) in [5.74, 6) is -0.107. The van der Waals surface area contributed by atoms with Gasteiger partial charge in [0.25, 0.3) is 5.91 Å². The Balaban J connectivity index is 1.87. The summed E-state index contributed by atoms with van der Waals surface area (Å²) in [5.41, 5.74) is 0.926. The molecular weight excluding hydrogens is 366 g/mol. The highest BCUT2D eigenvalue weighted by molar-refractivity contribution is 7.91. The Morgan fingerprint density at radius 1 is 1.26 bits per heavy atom. The zero-order chi connectivity index (χ0) is 19.6. The summed E-state index contributed by atoms with van der Waals surface area (Å²) in [5, 5.41) is 5.60. The molecule has 7 nitrogen and oxygen atoms in total. The van der Waals surface area contributed by atoms with Crippen LogP contribution in [0.2, 0.25) is 0 Å². The van der Waals surface area contributed by atoms with Gasteiger partial charge in [0.1, 0.15) is 5.71 Å². The van der Waals surface area contributed by atoms with Gasteiger partial charge in [0, 0.05) is 25.4 Å². The number of para-hydroxylation sites is 1. The molecule has 1 aromatic rings. The first kappa shape index (κ1) is 19.5. The summed E-state index contributed by atoms with van der Waals surface area (Å²) in [6.07, 6.45) is 0.933. The topological polar surface area (TPSA) is 87.1 Å². The van der Waals surface area contributed by atoms with E-state index in [0.29, 0.717) is 24.4 Å². The van der Waals surface area contributed by atoms with Gasteiger partial charge in [-0.2, -0.15) is 5.10 Å². The molecule has 2 aliphatic rings. The van der Waals surface area contributed by atoms with Gasteiger partial charge in [-0.1, -0.05) is 32.0 Å². The van der Waals surface area contributed by atoms with E-state index in [1.54, 1.807) is 17.0 Å². The molecule has 0 aliphatic carbocycles. The van der Waals surface area contributed by atoms with E-state index in [1.165, 1.54) is 5.01 Å². The highest BCUT2D eigenvalue weighted by Gasteiger charge is 2.37. The molecule has 1 aromatic carbocycles. The van der Waals surface area contributed by atoms with E-state index in [0.717, 1.165) is 0 Å². The van der Waals surface area contributed by atoms with Crippen LogP contribution in [0.1, 0.15) is 33.1 Å². The van der Waals surface area contributed by atoms with Crippen molar-refractivity contribution >= 4 is 33.1 Å². The maximum Gasteiger partial charge on any atom is 0.270 e. The fourth-order valence-electron chi connectivity index (χ4n) is 3.46. The Morgan fingerprint density at radius 3 is 2.56 bits per heavy atom. The molecule has 2 aliphatic heterocycles. The van der Waals surface area contributed by atoms with Crippen molar-refractivity contribution in [1.29, 1.82) is 0 Å². The fraction of sp³-hybridized carbons (Fsp3) is 0.526. The van der Waals surface area contributed by atoms with E-state index in [-0.39, 0.29) is 48.1 Å². The monoisotopic (exact) mass is 391 g/mol. The van der Waals surface area contributed by atoms with Crippen molar-refractivity contribution < 1.29 is 18.0 Å². The Labute approximate surface area is 159 Å². The molecule has 1 unspecified atom stereocenters. The summed E-state index contributed by atoms with van der Waals surface area (Å²) >= 11 is 0. The third-order valence-electron chi connectivity index (χ3n) is 4.75. The maximum atomic E-state index is 13.2. The van der Waals surface area contributed by atoms with Crippen LogP contribution in [0, 0.1) is 5.92 Å². The molecule has 2 amide bonds. The average Bonchev–Trinajstić information content (AvgIpc) is 3.00. The lowest BCUT2D eigenvalue weighted by Gasteiger charge is -2.32. The number of carbonyl (C=O) groups is 2. The van der Waals surface area contributed by atoms with E-state index in [9.17, 15) is 18.0 Å². The lowest BCUT2D eigenvalue weighted by atomic mass is 10.1. The van der Waals surface area contributed by atoms with Gasteiger partial charge in [-0.05, 0) is 24.5 Å². The Morgan fingerprint density at radius 2 is 1.96 bits per heavy atom. The molecule has 3 rings (SSSR count). The third kappa shape index (κ3) is 4.55. The first-order chi connectivity index (χ1) is 12.8. The van der Waals surface area contributed by atoms with Gasteiger partial charge in [0.05, 0.1) is 17.2 Å². The normalized spacial score (nSPS) is 22.0. The number of amides is 2. The number of anilines is 1. The SMILES string of the molecule is CC(C)CN(C(=O)C1=NN(c2ccccc2)C(=O)CC1)C1CCS(=O)(=O)C1. The predicted molar refractivity (Wildman–Crippen MR) is 104 cm³/mol. The van der Waals surface area contributed by atoms with Crippen molar-refractivity contribution in [1.82, 2.24) is 4.90 Å². The van der Waals surface area contributed by atoms with Crippen molar-refractivity contribution in [3.63, 3.8) is 0 Å². The quantitative estimate of drug-likeness (QED) is 0.766. The van der Waals surface area contributed by atoms with E-state index in [2.05, 4.69) is 5.10 Å². The fourth-order valence-corrected chi connectivity index (χ4v) is 5.19. The van der Waals surface area contributed by atoms with Crippen LogP contribution >= 0.6 is 0 Å². The molecule has 0 aromatic heterocycles. The largest absolute Gasteiger partial charge is 0.333 e. The number of carbonyl (C=O) groups excluding carboxylic acids is 2. The smallest absolute Gasteiger partial charge is 0.270 e. The zero-order valence-electron chi connectivity index (χ0n) is 15.7. The van der Waals surface area contributed by atoms with E-state index < -0.39 is 9.84 Å². The molecule has 8 heteroatoms. The van der Waals surface area contributed by atoms with Crippen LogP contribution in [-0.2, 0) is 19.4 Å². The lowest BCUT2D eigenvalue weighted by molar-refractivity contribution is -0.126. The number of hydrogen-bond donors (Lipinski definition) is 0. The van der Waals surface area contributed by atoms with Crippen molar-refractivity contribution in [2.45, 2.75) is 39.2 Å². The minimum absolute atomic E-state index is 0.0000696. The van der Waals surface area contributed by atoms with Crippen molar-refractivity contribution in [2.75, 3.05) is 23.1 Å². The van der Waals surface area contributed by atoms with Crippen LogP contribution in [0.4, 0.5) is 5.69 Å². The number of benzene rings is 1. The second kappa shape index (κ2) is 7.80. The first-order valence-corrected chi connectivity index (χ1v) is 11.1. The van der Waals surface area contributed by atoms with E-state index in [1.807, 2.05) is 32.0 Å². The molecule has 0 radical (unpaired) electrons. The van der Waals surface area contributed by atoms with Crippen LogP contribution in [0.3, 0.4) is 0 Å². The molecule has 0 spiro atoms. The van der Waals surface area contributed by atoms with Crippen molar-refractivity contribution in [2.24, 2.45) is 11.0 Å². The average molecular weight is 391 g/mol. The van der Waals surface area contributed by atoms with Crippen molar-refractivity contribution in [3.8, 4) is 0 Å². The van der Waals surface area contributed by atoms with Crippen LogP contribution in [0.25, 0.3) is 0 Å². The molecular formula is C19H25N3O4S. The van der Waals surface area contributed by atoms with Crippen LogP contribution in [-0.4, -0.2) is 54.9 Å². The number of hydrazone groups is 1.